The smallest absolute Gasteiger partial charge is 0.328 e. The highest BCUT2D eigenvalue weighted by atomic mass is 16.5. The van der Waals surface area contributed by atoms with E-state index in [1.54, 1.807) is 0 Å². The summed E-state index contributed by atoms with van der Waals surface area (Å²) >= 11 is 0. The Bertz CT molecular complexity index is 568. The molecular weight excluding hydrogens is 284 g/mol. The molecule has 118 valence electrons. The van der Waals surface area contributed by atoms with Crippen LogP contribution in [-0.4, -0.2) is 37.0 Å². The van der Waals surface area contributed by atoms with Gasteiger partial charge in [0.15, 0.2) is 0 Å². The molecule has 0 radical (unpaired) electrons. The van der Waals surface area contributed by atoms with Gasteiger partial charge in [0.25, 0.3) is 0 Å². The van der Waals surface area contributed by atoms with E-state index in [1.807, 2.05) is 31.2 Å². The predicted octanol–water partition coefficient (Wildman–Crippen LogP) is 0.474. The van der Waals surface area contributed by atoms with E-state index in [4.69, 9.17) is 4.74 Å². The van der Waals surface area contributed by atoms with Crippen LogP contribution in [0, 0.1) is 6.92 Å². The highest BCUT2D eigenvalue weighted by Gasteiger charge is 2.30. The Labute approximate surface area is 129 Å². The minimum atomic E-state index is -0.766. The number of esters is 1. The molecule has 0 aromatic heterocycles. The lowest BCUT2D eigenvalue weighted by atomic mass is 10.0. The Morgan fingerprint density at radius 1 is 1.36 bits per heavy atom. The van der Waals surface area contributed by atoms with E-state index in [9.17, 15) is 14.4 Å². The van der Waals surface area contributed by atoms with Gasteiger partial charge in [-0.15, -0.1) is 0 Å². The summed E-state index contributed by atoms with van der Waals surface area (Å²) in [6.45, 7) is 1.98. The normalized spacial score (nSPS) is 18.5. The molecule has 6 heteroatoms. The fourth-order valence-electron chi connectivity index (χ4n) is 2.38. The topological polar surface area (TPSA) is 84.5 Å². The molecule has 6 nitrogen and oxygen atoms in total. The second-order valence-electron chi connectivity index (χ2n) is 5.43. The Morgan fingerprint density at radius 3 is 2.59 bits per heavy atom. The van der Waals surface area contributed by atoms with E-state index < -0.39 is 18.1 Å². The second-order valence-corrected chi connectivity index (χ2v) is 5.43. The number of hydrogen-bond acceptors (Lipinski definition) is 4. The molecule has 1 saturated heterocycles. The van der Waals surface area contributed by atoms with Crippen molar-refractivity contribution in [3.8, 4) is 0 Å². The number of carbonyl (C=O) groups excluding carboxylic acids is 3. The fraction of sp³-hybridized carbons (Fsp3) is 0.438. The first-order valence-electron chi connectivity index (χ1n) is 7.22. The maximum atomic E-state index is 12.1. The van der Waals surface area contributed by atoms with E-state index >= 15 is 0 Å². The Balaban J connectivity index is 2.02. The molecule has 1 aliphatic heterocycles. The standard InChI is InChI=1S/C16H20N2O4/c1-10-3-5-11(6-4-10)9-13(16(21)22-2)18-15(20)12-7-8-14(19)17-12/h3-6,12-13H,7-9H2,1-2H3,(H,17,19)(H,18,20)/t12-,13-/m1/s1. The number of aryl methyl sites for hydroxylation is 1. The summed E-state index contributed by atoms with van der Waals surface area (Å²) in [5.74, 6) is -1.00. The minimum Gasteiger partial charge on any atom is -0.467 e. The molecule has 2 amide bonds. The molecule has 0 unspecified atom stereocenters. The van der Waals surface area contributed by atoms with E-state index in [1.165, 1.54) is 7.11 Å². The molecule has 0 aliphatic carbocycles. The van der Waals surface area contributed by atoms with Gasteiger partial charge >= 0.3 is 5.97 Å². The van der Waals surface area contributed by atoms with Crippen LogP contribution in [-0.2, 0) is 25.5 Å². The van der Waals surface area contributed by atoms with Gasteiger partial charge in [0.05, 0.1) is 7.11 Å². The average molecular weight is 304 g/mol. The van der Waals surface area contributed by atoms with Crippen LogP contribution in [0.5, 0.6) is 0 Å². The molecule has 2 atom stereocenters. The first-order chi connectivity index (χ1) is 10.5. The van der Waals surface area contributed by atoms with Crippen LogP contribution < -0.4 is 10.6 Å². The van der Waals surface area contributed by atoms with Gasteiger partial charge in [-0.2, -0.15) is 0 Å². The molecule has 1 aromatic rings. The molecule has 22 heavy (non-hydrogen) atoms. The minimum absolute atomic E-state index is 0.145. The van der Waals surface area contributed by atoms with Gasteiger partial charge < -0.3 is 15.4 Å². The van der Waals surface area contributed by atoms with Gasteiger partial charge in [-0.1, -0.05) is 29.8 Å². The molecule has 1 aliphatic rings. The lowest BCUT2D eigenvalue weighted by molar-refractivity contribution is -0.145. The SMILES string of the molecule is COC(=O)[C@@H](Cc1ccc(C)cc1)NC(=O)[C@H]1CCC(=O)N1. The van der Waals surface area contributed by atoms with Crippen molar-refractivity contribution >= 4 is 17.8 Å². The Morgan fingerprint density at radius 2 is 2.05 bits per heavy atom. The molecule has 0 spiro atoms. The van der Waals surface area contributed by atoms with Gasteiger partial charge in [-0.25, -0.2) is 4.79 Å². The van der Waals surface area contributed by atoms with Gasteiger partial charge in [0, 0.05) is 12.8 Å². The van der Waals surface area contributed by atoms with E-state index in [0.29, 0.717) is 19.3 Å². The maximum absolute atomic E-state index is 12.1. The molecule has 1 aromatic carbocycles. The molecular formula is C16H20N2O4. The quantitative estimate of drug-likeness (QED) is 0.775. The van der Waals surface area contributed by atoms with Crippen LogP contribution in [0.25, 0.3) is 0 Å². The van der Waals surface area contributed by atoms with Crippen molar-refractivity contribution in [1.29, 1.82) is 0 Å². The van der Waals surface area contributed by atoms with E-state index in [2.05, 4.69) is 10.6 Å². The number of carbonyl (C=O) groups is 3. The number of rotatable bonds is 5. The van der Waals surface area contributed by atoms with Crippen LogP contribution in [0.2, 0.25) is 0 Å². The van der Waals surface area contributed by atoms with Crippen molar-refractivity contribution in [2.45, 2.75) is 38.3 Å². The summed E-state index contributed by atoms with van der Waals surface area (Å²) in [6, 6.07) is 6.38. The van der Waals surface area contributed by atoms with Crippen molar-refractivity contribution < 1.29 is 19.1 Å². The van der Waals surface area contributed by atoms with Crippen LogP contribution in [0.4, 0.5) is 0 Å². The van der Waals surface area contributed by atoms with Crippen LogP contribution in [0.3, 0.4) is 0 Å². The highest BCUT2D eigenvalue weighted by Crippen LogP contribution is 2.10. The van der Waals surface area contributed by atoms with Crippen molar-refractivity contribution in [2.75, 3.05) is 7.11 Å². The summed E-state index contributed by atoms with van der Waals surface area (Å²) < 4.78 is 4.75. The Hall–Kier alpha value is -2.37. The molecule has 2 N–H and O–H groups in total. The van der Waals surface area contributed by atoms with Gasteiger partial charge in [-0.3, -0.25) is 9.59 Å². The van der Waals surface area contributed by atoms with E-state index in [0.717, 1.165) is 11.1 Å². The molecule has 1 heterocycles. The number of hydrogen-bond donors (Lipinski definition) is 2. The average Bonchev–Trinajstić information content (AvgIpc) is 2.94. The van der Waals surface area contributed by atoms with Gasteiger partial charge in [0.2, 0.25) is 11.8 Å². The van der Waals surface area contributed by atoms with Gasteiger partial charge in [-0.05, 0) is 18.9 Å². The zero-order valence-electron chi connectivity index (χ0n) is 12.7. The maximum Gasteiger partial charge on any atom is 0.328 e. The summed E-state index contributed by atoms with van der Waals surface area (Å²) in [6.07, 6.45) is 1.13. The summed E-state index contributed by atoms with van der Waals surface area (Å²) in [5, 5.41) is 5.25. The number of benzene rings is 1. The first-order valence-corrected chi connectivity index (χ1v) is 7.22. The highest BCUT2D eigenvalue weighted by molar-refractivity contribution is 5.93. The third kappa shape index (κ3) is 4.07. The fourth-order valence-corrected chi connectivity index (χ4v) is 2.38. The summed E-state index contributed by atoms with van der Waals surface area (Å²) in [7, 11) is 1.29. The van der Waals surface area contributed by atoms with Crippen molar-refractivity contribution in [3.05, 3.63) is 35.4 Å². The monoisotopic (exact) mass is 304 g/mol. The third-order valence-corrected chi connectivity index (χ3v) is 3.67. The molecule has 0 saturated carbocycles. The zero-order valence-corrected chi connectivity index (χ0v) is 12.7. The van der Waals surface area contributed by atoms with Crippen molar-refractivity contribution in [3.63, 3.8) is 0 Å². The summed E-state index contributed by atoms with van der Waals surface area (Å²) in [5.41, 5.74) is 2.05. The number of methoxy groups -OCH3 is 1. The molecule has 0 bridgehead atoms. The van der Waals surface area contributed by atoms with Crippen LogP contribution in [0.1, 0.15) is 24.0 Å². The predicted molar refractivity (Wildman–Crippen MR) is 80.0 cm³/mol. The van der Waals surface area contributed by atoms with Gasteiger partial charge in [0.1, 0.15) is 12.1 Å². The number of amides is 2. The Kier molecular flexibility index (Phi) is 5.14. The third-order valence-electron chi connectivity index (χ3n) is 3.67. The molecule has 2 rings (SSSR count). The van der Waals surface area contributed by atoms with Crippen molar-refractivity contribution in [2.24, 2.45) is 0 Å². The second kappa shape index (κ2) is 7.06. The van der Waals surface area contributed by atoms with Crippen LogP contribution >= 0.6 is 0 Å². The summed E-state index contributed by atoms with van der Waals surface area (Å²) in [4.78, 5) is 35.2. The first kappa shape index (κ1) is 16.0. The van der Waals surface area contributed by atoms with Crippen molar-refractivity contribution in [1.82, 2.24) is 10.6 Å². The zero-order chi connectivity index (χ0) is 16.1. The largest absolute Gasteiger partial charge is 0.467 e. The lowest BCUT2D eigenvalue weighted by Gasteiger charge is -2.19. The molecule has 1 fully saturated rings. The van der Waals surface area contributed by atoms with Crippen LogP contribution in [0.15, 0.2) is 24.3 Å². The number of ether oxygens (including phenoxy) is 1. The van der Waals surface area contributed by atoms with E-state index in [-0.39, 0.29) is 11.8 Å². The lowest BCUT2D eigenvalue weighted by Crippen LogP contribution is -2.49. The number of nitrogens with one attached hydrogen (secondary N) is 2.